The summed E-state index contributed by atoms with van der Waals surface area (Å²) in [5, 5.41) is 0. The molecule has 0 spiro atoms. The molecule has 0 saturated carbocycles. The number of esters is 4. The number of carbonyl (C=O) groups is 4. The summed E-state index contributed by atoms with van der Waals surface area (Å²) in [6.07, 6.45) is -38.9. The molecule has 0 amide bonds. The number of hydrogen-bond donors (Lipinski definition) is 0. The van der Waals surface area contributed by atoms with Crippen molar-refractivity contribution in [3.05, 3.63) is 12.7 Å². The molecule has 2 aliphatic rings. The lowest BCUT2D eigenvalue weighted by Crippen LogP contribution is -2.65. The van der Waals surface area contributed by atoms with Crippen LogP contribution >= 0.6 is 0 Å². The first-order valence-corrected chi connectivity index (χ1v) is 12.7. The smallest absolute Gasteiger partial charge is 0.456 e. The van der Waals surface area contributed by atoms with E-state index in [1.165, 1.54) is 13.0 Å². The summed E-state index contributed by atoms with van der Waals surface area (Å²) >= 11 is 0. The number of rotatable bonds is 9. The molecule has 2 fully saturated rings. The highest BCUT2D eigenvalue weighted by atomic mass is 19.4. The molecule has 2 aliphatic heterocycles. The van der Waals surface area contributed by atoms with Gasteiger partial charge in [0.1, 0.15) is 12.7 Å². The lowest BCUT2D eigenvalue weighted by atomic mass is 9.95. The van der Waals surface area contributed by atoms with Crippen molar-refractivity contribution in [3.8, 4) is 0 Å². The van der Waals surface area contributed by atoms with Crippen LogP contribution in [0.3, 0.4) is 0 Å². The van der Waals surface area contributed by atoms with Crippen LogP contribution in [0.25, 0.3) is 0 Å². The van der Waals surface area contributed by atoms with Gasteiger partial charge in [-0.05, 0) is 33.6 Å². The Morgan fingerprint density at radius 2 is 1.17 bits per heavy atom. The van der Waals surface area contributed by atoms with Crippen LogP contribution in [-0.4, -0.2) is 103 Å². The minimum Gasteiger partial charge on any atom is -0.456 e. The van der Waals surface area contributed by atoms with Crippen molar-refractivity contribution in [3.63, 3.8) is 0 Å². The van der Waals surface area contributed by atoms with Gasteiger partial charge in [-0.25, -0.2) is 19.2 Å². The zero-order chi connectivity index (χ0) is 36.6. The zero-order valence-electron chi connectivity index (χ0n) is 23.9. The first-order valence-electron chi connectivity index (χ1n) is 12.7. The molecule has 0 aliphatic carbocycles. The second-order valence-electron chi connectivity index (χ2n) is 10.6. The van der Waals surface area contributed by atoms with E-state index in [9.17, 15) is 71.9 Å². The Morgan fingerprint density at radius 1 is 0.745 bits per heavy atom. The molecule has 11 nitrogen and oxygen atoms in total. The summed E-state index contributed by atoms with van der Waals surface area (Å²) in [5.74, 6) is -13.1. The molecule has 2 heterocycles. The molecular weight excluding hydrogens is 692 g/mol. The number of alkyl halides is 12. The second kappa shape index (κ2) is 13.6. The van der Waals surface area contributed by atoms with Crippen LogP contribution in [0.1, 0.15) is 33.6 Å². The molecule has 7 atom stereocenters. The highest BCUT2D eigenvalue weighted by Crippen LogP contribution is 2.41. The number of hydrogen-bond acceptors (Lipinski definition) is 11. The van der Waals surface area contributed by atoms with Gasteiger partial charge < -0.3 is 33.2 Å². The second-order valence-corrected chi connectivity index (χ2v) is 10.6. The molecular formula is C24H24F12O11. The van der Waals surface area contributed by atoms with Crippen LogP contribution in [0, 0.1) is 0 Å². The fraction of sp³-hybridized carbons (Fsp3) is 0.750. The van der Waals surface area contributed by atoms with Crippen molar-refractivity contribution >= 4 is 23.9 Å². The predicted octanol–water partition coefficient (Wildman–Crippen LogP) is 4.16. The van der Waals surface area contributed by atoms with Crippen molar-refractivity contribution in [1.82, 2.24) is 0 Å². The largest absolute Gasteiger partial charge is 0.490 e. The van der Waals surface area contributed by atoms with E-state index in [-0.39, 0.29) is 12.8 Å². The Hall–Kier alpha value is -3.34. The van der Waals surface area contributed by atoms with Gasteiger partial charge in [-0.15, -0.1) is 6.58 Å². The molecule has 23 heteroatoms. The van der Waals surface area contributed by atoms with E-state index < -0.39 is 103 Å². The molecule has 2 saturated heterocycles. The Labute approximate surface area is 255 Å². The Balaban J connectivity index is 2.72. The van der Waals surface area contributed by atoms with E-state index in [2.05, 4.69) is 25.5 Å². The maximum Gasteiger partial charge on any atom is 0.490 e. The van der Waals surface area contributed by atoms with Crippen molar-refractivity contribution in [2.75, 3.05) is 6.61 Å². The van der Waals surface area contributed by atoms with E-state index in [0.717, 1.165) is 13.8 Å². The molecule has 47 heavy (non-hydrogen) atoms. The van der Waals surface area contributed by atoms with Crippen molar-refractivity contribution in [2.45, 2.75) is 106 Å². The van der Waals surface area contributed by atoms with Crippen LogP contribution in [-0.2, 0) is 52.3 Å². The lowest BCUT2D eigenvalue weighted by Gasteiger charge is -2.47. The van der Waals surface area contributed by atoms with Crippen LogP contribution in [0.5, 0.6) is 0 Å². The van der Waals surface area contributed by atoms with E-state index in [1.54, 1.807) is 0 Å². The minimum atomic E-state index is -6.07. The van der Waals surface area contributed by atoms with Gasteiger partial charge in [-0.2, -0.15) is 52.7 Å². The minimum absolute atomic E-state index is 0.0696. The van der Waals surface area contributed by atoms with Gasteiger partial charge in [0.05, 0.1) is 17.3 Å². The fourth-order valence-electron chi connectivity index (χ4n) is 4.20. The van der Waals surface area contributed by atoms with Gasteiger partial charge in [-0.3, -0.25) is 0 Å². The highest BCUT2D eigenvalue weighted by Gasteiger charge is 2.60. The van der Waals surface area contributed by atoms with Crippen molar-refractivity contribution < 1.29 is 105 Å². The summed E-state index contributed by atoms with van der Waals surface area (Å²) in [4.78, 5) is 46.6. The number of ether oxygens (including phenoxy) is 7. The van der Waals surface area contributed by atoms with E-state index in [4.69, 9.17) is 14.2 Å². The van der Waals surface area contributed by atoms with Crippen LogP contribution in [0.2, 0.25) is 0 Å². The molecule has 2 rings (SSSR count). The average Bonchev–Trinajstić information content (AvgIpc) is 3.31. The number of halogens is 12. The van der Waals surface area contributed by atoms with Crippen LogP contribution < -0.4 is 0 Å². The Bertz CT molecular complexity index is 1190. The van der Waals surface area contributed by atoms with E-state index in [0.29, 0.717) is 0 Å². The number of carbonyl (C=O) groups excluding carboxylic acids is 4. The summed E-state index contributed by atoms with van der Waals surface area (Å²) in [6, 6.07) is 0. The zero-order valence-corrected chi connectivity index (χ0v) is 23.9. The molecule has 0 aromatic heterocycles. The third-order valence-electron chi connectivity index (χ3n) is 6.57. The molecule has 0 radical (unpaired) electrons. The monoisotopic (exact) mass is 716 g/mol. The van der Waals surface area contributed by atoms with E-state index >= 15 is 0 Å². The predicted molar refractivity (Wildman–Crippen MR) is 121 cm³/mol. The molecule has 0 bridgehead atoms. The van der Waals surface area contributed by atoms with Gasteiger partial charge in [0.2, 0.25) is 0 Å². The molecule has 0 unspecified atom stereocenters. The maximum absolute atomic E-state index is 13.2. The third-order valence-corrected chi connectivity index (χ3v) is 6.57. The first kappa shape index (κ1) is 39.8. The topological polar surface area (TPSA) is 133 Å². The van der Waals surface area contributed by atoms with E-state index in [1.807, 2.05) is 0 Å². The van der Waals surface area contributed by atoms with Gasteiger partial charge in [0, 0.05) is 0 Å². The van der Waals surface area contributed by atoms with Gasteiger partial charge in [0.25, 0.3) is 0 Å². The normalized spacial score (nSPS) is 29.1. The summed E-state index contributed by atoms with van der Waals surface area (Å²) in [5.41, 5.74) is -2.92. The average molecular weight is 716 g/mol. The van der Waals surface area contributed by atoms with Crippen LogP contribution in [0.4, 0.5) is 52.7 Å². The molecule has 0 aromatic carbocycles. The van der Waals surface area contributed by atoms with Gasteiger partial charge in [-0.1, -0.05) is 6.08 Å². The van der Waals surface area contributed by atoms with Crippen LogP contribution in [0.15, 0.2) is 12.7 Å². The highest BCUT2D eigenvalue weighted by molar-refractivity contribution is 5.78. The van der Waals surface area contributed by atoms with Gasteiger partial charge >= 0.3 is 48.6 Å². The summed E-state index contributed by atoms with van der Waals surface area (Å²) in [7, 11) is 0. The third kappa shape index (κ3) is 10.3. The first-order chi connectivity index (χ1) is 21.0. The SMILES string of the molecule is C=C[C@@]1(C)CC[C@H](C(C)(C)O[C@H]2O[C@@H](COC(=O)C(F)(F)F)[C@H](OC(=O)C(F)(F)F)[C@@H](OC(=O)C(F)(F)F)[C@@H]2OC(=O)C(F)(F)F)O1. The summed E-state index contributed by atoms with van der Waals surface area (Å²) < 4.78 is 189. The Morgan fingerprint density at radius 3 is 1.57 bits per heavy atom. The fourth-order valence-corrected chi connectivity index (χ4v) is 4.20. The molecule has 270 valence electrons. The Kier molecular flexibility index (Phi) is 11.6. The molecule has 0 N–H and O–H groups in total. The van der Waals surface area contributed by atoms with Gasteiger partial charge in [0.15, 0.2) is 24.6 Å². The van der Waals surface area contributed by atoms with Crippen molar-refractivity contribution in [2.24, 2.45) is 0 Å². The maximum atomic E-state index is 13.2. The molecule has 0 aromatic rings. The quantitative estimate of drug-likeness (QED) is 0.148. The summed E-state index contributed by atoms with van der Waals surface area (Å²) in [6.45, 7) is 5.37. The lowest BCUT2D eigenvalue weighted by molar-refractivity contribution is -0.344. The van der Waals surface area contributed by atoms with Crippen molar-refractivity contribution in [1.29, 1.82) is 0 Å². The standard InChI is InChI=1S/C24H24F12O11/c1-5-20(4)7-6-10(46-20)19(2,3)47-14-13(45-18(40)24(34,35)36)12(44-17(39)23(31,32)33)11(43-16(38)22(28,29)30)9(42-14)8-41-15(37)21(25,26)27/h5,9-14H,1,6-8H2,2-4H3/t9-,10+,11-,12+,13-,14+,20-/m0/s1.